The third-order valence-electron chi connectivity index (χ3n) is 6.64. The lowest BCUT2D eigenvalue weighted by Gasteiger charge is -2.34. The Morgan fingerprint density at radius 2 is 1.00 bits per heavy atom. The Kier molecular flexibility index (Phi) is 4.48. The first-order valence-electron chi connectivity index (χ1n) is 10.9. The van der Waals surface area contributed by atoms with Crippen molar-refractivity contribution in [3.05, 3.63) is 155 Å². The number of benzene rings is 5. The van der Waals surface area contributed by atoms with Gasteiger partial charge >= 0.3 is 0 Å². The molecule has 0 bridgehead atoms. The van der Waals surface area contributed by atoms with Gasteiger partial charge < -0.3 is 0 Å². The van der Waals surface area contributed by atoms with Crippen molar-refractivity contribution in [1.82, 2.24) is 0 Å². The van der Waals surface area contributed by atoms with E-state index in [1.165, 1.54) is 44.5 Å². The van der Waals surface area contributed by atoms with Crippen molar-refractivity contribution < 1.29 is 0 Å². The fourth-order valence-electron chi connectivity index (χ4n) is 5.31. The van der Waals surface area contributed by atoms with E-state index in [-0.39, 0.29) is 0 Å². The highest BCUT2D eigenvalue weighted by Crippen LogP contribution is 2.57. The van der Waals surface area contributed by atoms with Gasteiger partial charge in [-0.1, -0.05) is 133 Å². The van der Waals surface area contributed by atoms with Crippen molar-refractivity contribution in [3.8, 4) is 22.3 Å². The first-order valence-corrected chi connectivity index (χ1v) is 11.3. The lowest BCUT2D eigenvalue weighted by atomic mass is 9.67. The molecule has 5 aromatic carbocycles. The van der Waals surface area contributed by atoms with Gasteiger partial charge in [0.25, 0.3) is 0 Å². The Morgan fingerprint density at radius 3 is 1.75 bits per heavy atom. The minimum Gasteiger partial charge on any atom is -0.0840 e. The summed E-state index contributed by atoms with van der Waals surface area (Å²) in [4.78, 5) is 0. The summed E-state index contributed by atoms with van der Waals surface area (Å²) in [5, 5.41) is 0.801. The molecule has 0 amide bonds. The Balaban J connectivity index is 1.68. The van der Waals surface area contributed by atoms with Crippen LogP contribution in [-0.2, 0) is 5.41 Å². The van der Waals surface area contributed by atoms with Crippen LogP contribution in [0.3, 0.4) is 0 Å². The van der Waals surface area contributed by atoms with E-state index in [2.05, 4.69) is 121 Å². The van der Waals surface area contributed by atoms with Crippen LogP contribution in [-0.4, -0.2) is 0 Å². The van der Waals surface area contributed by atoms with E-state index in [0.717, 1.165) is 5.02 Å². The van der Waals surface area contributed by atoms with E-state index in [1.807, 2.05) is 6.07 Å². The van der Waals surface area contributed by atoms with Gasteiger partial charge in [-0.15, -0.1) is 0 Å². The van der Waals surface area contributed by atoms with E-state index in [1.54, 1.807) is 0 Å². The van der Waals surface area contributed by atoms with Crippen molar-refractivity contribution in [2.45, 2.75) is 5.41 Å². The Labute approximate surface area is 193 Å². The second-order valence-electron chi connectivity index (χ2n) is 8.27. The van der Waals surface area contributed by atoms with Gasteiger partial charge in [0, 0.05) is 5.02 Å². The van der Waals surface area contributed by atoms with E-state index < -0.39 is 5.41 Å². The van der Waals surface area contributed by atoms with Gasteiger partial charge in [0.2, 0.25) is 0 Å². The van der Waals surface area contributed by atoms with Gasteiger partial charge in [-0.05, 0) is 50.6 Å². The van der Waals surface area contributed by atoms with Gasteiger partial charge in [-0.2, -0.15) is 0 Å². The van der Waals surface area contributed by atoms with Crippen LogP contribution in [0.1, 0.15) is 22.3 Å². The number of hydrogen-bond acceptors (Lipinski definition) is 0. The molecule has 0 N–H and O–H groups in total. The first-order chi connectivity index (χ1) is 15.8. The summed E-state index contributed by atoms with van der Waals surface area (Å²) >= 11 is 6.97. The largest absolute Gasteiger partial charge is 0.0840 e. The molecule has 0 saturated carbocycles. The third kappa shape index (κ3) is 2.70. The molecule has 6 rings (SSSR count). The van der Waals surface area contributed by atoms with Crippen LogP contribution in [0, 0.1) is 0 Å². The average Bonchev–Trinajstić information content (AvgIpc) is 3.18. The SMILES string of the molecule is Clc1cccc2c1C(c1ccccc1)(c1ccc(-c3ccccc3)cc1)c1ccccc1-2. The molecule has 0 aromatic heterocycles. The van der Waals surface area contributed by atoms with Crippen molar-refractivity contribution in [2.75, 3.05) is 0 Å². The van der Waals surface area contributed by atoms with Gasteiger partial charge in [-0.25, -0.2) is 0 Å². The highest BCUT2D eigenvalue weighted by Gasteiger charge is 2.47. The van der Waals surface area contributed by atoms with Gasteiger partial charge in [0.15, 0.2) is 0 Å². The van der Waals surface area contributed by atoms with Crippen molar-refractivity contribution in [3.63, 3.8) is 0 Å². The number of halogens is 1. The maximum Gasteiger partial charge on any atom is 0.0728 e. The van der Waals surface area contributed by atoms with Gasteiger partial charge in [0.05, 0.1) is 5.41 Å². The maximum absolute atomic E-state index is 6.97. The van der Waals surface area contributed by atoms with E-state index in [0.29, 0.717) is 0 Å². The zero-order valence-corrected chi connectivity index (χ0v) is 18.3. The summed E-state index contributed by atoms with van der Waals surface area (Å²) in [6.45, 7) is 0. The van der Waals surface area contributed by atoms with Crippen molar-refractivity contribution in [1.29, 1.82) is 0 Å². The quantitative estimate of drug-likeness (QED) is 0.265. The molecule has 0 spiro atoms. The Hall–Kier alpha value is -3.61. The normalized spacial score (nSPS) is 16.4. The second kappa shape index (κ2) is 7.51. The smallest absolute Gasteiger partial charge is 0.0728 e. The van der Waals surface area contributed by atoms with Crippen LogP contribution in [0.15, 0.2) is 127 Å². The molecule has 1 aliphatic carbocycles. The van der Waals surface area contributed by atoms with Crippen LogP contribution in [0.4, 0.5) is 0 Å². The van der Waals surface area contributed by atoms with Crippen LogP contribution < -0.4 is 0 Å². The molecule has 1 atom stereocenters. The summed E-state index contributed by atoms with van der Waals surface area (Å²) in [7, 11) is 0. The van der Waals surface area contributed by atoms with Gasteiger partial charge in [-0.3, -0.25) is 0 Å². The molecule has 0 heterocycles. The maximum atomic E-state index is 6.97. The molecular weight excluding hydrogens is 408 g/mol. The monoisotopic (exact) mass is 428 g/mol. The molecule has 0 radical (unpaired) electrons. The number of rotatable bonds is 3. The van der Waals surface area contributed by atoms with Crippen LogP contribution >= 0.6 is 11.6 Å². The average molecular weight is 429 g/mol. The predicted octanol–water partition coefficient (Wildman–Crippen LogP) is 8.37. The highest BCUT2D eigenvalue weighted by atomic mass is 35.5. The summed E-state index contributed by atoms with van der Waals surface area (Å²) in [5.41, 5.74) is 9.34. The molecule has 152 valence electrons. The van der Waals surface area contributed by atoms with Crippen LogP contribution in [0.2, 0.25) is 5.02 Å². The summed E-state index contributed by atoms with van der Waals surface area (Å²) < 4.78 is 0. The lowest BCUT2D eigenvalue weighted by molar-refractivity contribution is 0.769. The minimum absolute atomic E-state index is 0.458. The molecule has 1 heteroatoms. The standard InChI is InChI=1S/C31H21Cl/c32-29-17-9-15-27-26-14-7-8-16-28(26)31(30(27)29,24-12-5-2-6-13-24)25-20-18-23(19-21-25)22-10-3-1-4-11-22/h1-21H. The van der Waals surface area contributed by atoms with Crippen LogP contribution in [0.25, 0.3) is 22.3 Å². The summed E-state index contributed by atoms with van der Waals surface area (Å²) in [5.74, 6) is 0. The van der Waals surface area contributed by atoms with E-state index in [9.17, 15) is 0 Å². The third-order valence-corrected chi connectivity index (χ3v) is 6.96. The number of hydrogen-bond donors (Lipinski definition) is 0. The highest BCUT2D eigenvalue weighted by molar-refractivity contribution is 6.32. The molecule has 1 unspecified atom stereocenters. The minimum atomic E-state index is -0.458. The summed E-state index contributed by atoms with van der Waals surface area (Å²) in [6.07, 6.45) is 0. The Bertz CT molecular complexity index is 1400. The molecule has 5 aromatic rings. The van der Waals surface area contributed by atoms with Crippen molar-refractivity contribution >= 4 is 11.6 Å². The van der Waals surface area contributed by atoms with E-state index >= 15 is 0 Å². The fraction of sp³-hybridized carbons (Fsp3) is 0.0323. The molecule has 1 aliphatic rings. The number of fused-ring (bicyclic) bond motifs is 3. The fourth-order valence-corrected chi connectivity index (χ4v) is 5.62. The molecular formula is C31H21Cl. The predicted molar refractivity (Wildman–Crippen MR) is 134 cm³/mol. The zero-order chi connectivity index (χ0) is 21.5. The first kappa shape index (κ1) is 19.1. The lowest BCUT2D eigenvalue weighted by Crippen LogP contribution is -2.28. The molecule has 0 fully saturated rings. The molecule has 0 nitrogen and oxygen atoms in total. The Morgan fingerprint density at radius 1 is 0.438 bits per heavy atom. The molecule has 32 heavy (non-hydrogen) atoms. The molecule has 0 saturated heterocycles. The van der Waals surface area contributed by atoms with Gasteiger partial charge in [0.1, 0.15) is 0 Å². The summed E-state index contributed by atoms with van der Waals surface area (Å²) in [6, 6.07) is 45.3. The van der Waals surface area contributed by atoms with E-state index in [4.69, 9.17) is 11.6 Å². The molecule has 0 aliphatic heterocycles. The second-order valence-corrected chi connectivity index (χ2v) is 8.67. The topological polar surface area (TPSA) is 0 Å². The van der Waals surface area contributed by atoms with Crippen molar-refractivity contribution in [2.24, 2.45) is 0 Å². The van der Waals surface area contributed by atoms with Crippen LogP contribution in [0.5, 0.6) is 0 Å². The zero-order valence-electron chi connectivity index (χ0n) is 17.5.